The van der Waals surface area contributed by atoms with Gasteiger partial charge in [-0.1, -0.05) is 36.4 Å². The number of aliphatic imine (C=N–C) groups is 1. The summed E-state index contributed by atoms with van der Waals surface area (Å²) in [6.07, 6.45) is 2.01. The molecule has 0 radical (unpaired) electrons. The van der Waals surface area contributed by atoms with Crippen LogP contribution in [0.1, 0.15) is 41.3 Å². The van der Waals surface area contributed by atoms with E-state index in [4.69, 9.17) is 4.99 Å². The van der Waals surface area contributed by atoms with Crippen LogP contribution < -0.4 is 10.6 Å². The summed E-state index contributed by atoms with van der Waals surface area (Å²) >= 11 is 1.67. The first-order valence-corrected chi connectivity index (χ1v) is 11.6. The standard InChI is InChI=1S/C23H29FN6S/c1-16(18-8-6-5-7-9-18)27-23(26-14-22-29-28-17(2)30(22)3)25-13-19-10-11-21(24)12-20(19)15-31-4/h5-12,16H,13-15H2,1-4H3,(H2,25,26,27). The third-order valence-electron chi connectivity index (χ3n) is 5.13. The molecule has 1 aromatic heterocycles. The van der Waals surface area contributed by atoms with Crippen LogP contribution in [0.2, 0.25) is 0 Å². The van der Waals surface area contributed by atoms with Crippen molar-refractivity contribution in [2.45, 2.75) is 38.7 Å². The number of hydrogen-bond donors (Lipinski definition) is 2. The van der Waals surface area contributed by atoms with Gasteiger partial charge in [0.25, 0.3) is 0 Å². The van der Waals surface area contributed by atoms with Crippen LogP contribution in [0.15, 0.2) is 53.5 Å². The molecule has 3 rings (SSSR count). The van der Waals surface area contributed by atoms with Gasteiger partial charge in [-0.3, -0.25) is 0 Å². The SMILES string of the molecule is CSCc1cc(F)ccc1CN=C(NCc1nnc(C)n1C)NC(C)c1ccccc1. The predicted molar refractivity (Wildman–Crippen MR) is 125 cm³/mol. The summed E-state index contributed by atoms with van der Waals surface area (Å²) < 4.78 is 15.6. The zero-order chi connectivity index (χ0) is 22.2. The molecule has 0 aliphatic heterocycles. The predicted octanol–water partition coefficient (Wildman–Crippen LogP) is 4.12. The summed E-state index contributed by atoms with van der Waals surface area (Å²) in [6.45, 7) is 4.95. The Morgan fingerprint density at radius 3 is 2.61 bits per heavy atom. The van der Waals surface area contributed by atoms with Crippen molar-refractivity contribution >= 4 is 17.7 Å². The molecule has 1 atom stereocenters. The Balaban J connectivity index is 1.79. The van der Waals surface area contributed by atoms with Crippen LogP contribution in [0.5, 0.6) is 0 Å². The van der Waals surface area contributed by atoms with Crippen LogP contribution in [-0.4, -0.2) is 27.0 Å². The monoisotopic (exact) mass is 440 g/mol. The molecule has 0 saturated carbocycles. The minimum absolute atomic E-state index is 0.0626. The van der Waals surface area contributed by atoms with Gasteiger partial charge in [0.15, 0.2) is 11.8 Å². The van der Waals surface area contributed by atoms with Crippen molar-refractivity contribution in [2.75, 3.05) is 6.26 Å². The van der Waals surface area contributed by atoms with Crippen molar-refractivity contribution < 1.29 is 4.39 Å². The first kappa shape index (κ1) is 22.8. The van der Waals surface area contributed by atoms with E-state index >= 15 is 0 Å². The zero-order valence-electron chi connectivity index (χ0n) is 18.4. The van der Waals surface area contributed by atoms with Crippen LogP contribution in [-0.2, 0) is 25.9 Å². The van der Waals surface area contributed by atoms with Crippen LogP contribution in [0, 0.1) is 12.7 Å². The second kappa shape index (κ2) is 10.9. The first-order chi connectivity index (χ1) is 15.0. The fourth-order valence-electron chi connectivity index (χ4n) is 3.15. The van der Waals surface area contributed by atoms with E-state index in [1.165, 1.54) is 6.07 Å². The molecule has 6 nitrogen and oxygen atoms in total. The number of benzene rings is 2. The van der Waals surface area contributed by atoms with Gasteiger partial charge in [-0.25, -0.2) is 9.38 Å². The third kappa shape index (κ3) is 6.30. The normalized spacial score (nSPS) is 12.6. The van der Waals surface area contributed by atoms with E-state index in [-0.39, 0.29) is 11.9 Å². The lowest BCUT2D eigenvalue weighted by atomic mass is 10.1. The highest BCUT2D eigenvalue weighted by Gasteiger charge is 2.11. The Hall–Kier alpha value is -2.87. The number of aryl methyl sites for hydroxylation is 1. The van der Waals surface area contributed by atoms with E-state index in [1.807, 2.05) is 49.1 Å². The van der Waals surface area contributed by atoms with Gasteiger partial charge >= 0.3 is 0 Å². The Morgan fingerprint density at radius 1 is 1.16 bits per heavy atom. The molecule has 0 fully saturated rings. The smallest absolute Gasteiger partial charge is 0.192 e. The summed E-state index contributed by atoms with van der Waals surface area (Å²) in [5.74, 6) is 2.87. The lowest BCUT2D eigenvalue weighted by molar-refractivity contribution is 0.625. The second-order valence-electron chi connectivity index (χ2n) is 7.36. The summed E-state index contributed by atoms with van der Waals surface area (Å²) in [7, 11) is 1.94. The minimum Gasteiger partial charge on any atom is -0.350 e. The molecule has 2 aromatic carbocycles. The molecule has 2 N–H and O–H groups in total. The van der Waals surface area contributed by atoms with Crippen molar-refractivity contribution in [1.29, 1.82) is 0 Å². The minimum atomic E-state index is -0.219. The largest absolute Gasteiger partial charge is 0.350 e. The van der Waals surface area contributed by atoms with Gasteiger partial charge in [0.1, 0.15) is 11.6 Å². The number of hydrogen-bond acceptors (Lipinski definition) is 4. The Kier molecular flexibility index (Phi) is 8.06. The van der Waals surface area contributed by atoms with Gasteiger partial charge in [-0.15, -0.1) is 10.2 Å². The number of nitrogens with one attached hydrogen (secondary N) is 2. The highest BCUT2D eigenvalue weighted by Crippen LogP contribution is 2.18. The highest BCUT2D eigenvalue weighted by atomic mass is 32.2. The van der Waals surface area contributed by atoms with Gasteiger partial charge in [-0.05, 0) is 48.9 Å². The fraction of sp³-hybridized carbons (Fsp3) is 0.348. The van der Waals surface area contributed by atoms with Crippen molar-refractivity contribution in [3.8, 4) is 0 Å². The average molecular weight is 441 g/mol. The maximum absolute atomic E-state index is 13.7. The molecular formula is C23H29FN6S. The van der Waals surface area contributed by atoms with Crippen LogP contribution in [0.3, 0.4) is 0 Å². The summed E-state index contributed by atoms with van der Waals surface area (Å²) in [6, 6.07) is 15.2. The number of halogens is 1. The number of nitrogens with zero attached hydrogens (tertiary/aromatic N) is 4. The molecule has 0 spiro atoms. The van der Waals surface area contributed by atoms with Crippen LogP contribution >= 0.6 is 11.8 Å². The molecule has 3 aromatic rings. The van der Waals surface area contributed by atoms with Gasteiger partial charge in [0, 0.05) is 12.8 Å². The van der Waals surface area contributed by atoms with Gasteiger partial charge in [0.05, 0.1) is 19.1 Å². The van der Waals surface area contributed by atoms with E-state index < -0.39 is 0 Å². The van der Waals surface area contributed by atoms with Gasteiger partial charge < -0.3 is 15.2 Å². The van der Waals surface area contributed by atoms with E-state index in [2.05, 4.69) is 39.9 Å². The lowest BCUT2D eigenvalue weighted by Gasteiger charge is -2.19. The van der Waals surface area contributed by atoms with Crippen LogP contribution in [0.4, 0.5) is 4.39 Å². The van der Waals surface area contributed by atoms with Crippen molar-refractivity contribution in [2.24, 2.45) is 12.0 Å². The fourth-order valence-corrected chi connectivity index (χ4v) is 3.73. The van der Waals surface area contributed by atoms with Crippen molar-refractivity contribution in [3.05, 3.63) is 82.7 Å². The van der Waals surface area contributed by atoms with E-state index in [0.717, 1.165) is 34.1 Å². The molecular weight excluding hydrogens is 411 g/mol. The quantitative estimate of drug-likeness (QED) is 0.407. The summed E-state index contributed by atoms with van der Waals surface area (Å²) in [4.78, 5) is 4.79. The Labute approximate surface area is 187 Å². The molecule has 0 saturated heterocycles. The molecule has 0 aliphatic rings. The van der Waals surface area contributed by atoms with Gasteiger partial charge in [-0.2, -0.15) is 11.8 Å². The number of aromatic nitrogens is 3. The molecule has 1 heterocycles. The first-order valence-electron chi connectivity index (χ1n) is 10.2. The Bertz CT molecular complexity index is 1020. The van der Waals surface area contributed by atoms with Gasteiger partial charge in [0.2, 0.25) is 0 Å². The maximum Gasteiger partial charge on any atom is 0.192 e. The molecule has 31 heavy (non-hydrogen) atoms. The molecule has 0 aliphatic carbocycles. The number of thioether (sulfide) groups is 1. The van der Waals surface area contributed by atoms with Crippen LogP contribution in [0.25, 0.3) is 0 Å². The average Bonchev–Trinajstić information content (AvgIpc) is 3.09. The summed E-state index contributed by atoms with van der Waals surface area (Å²) in [5, 5.41) is 15.2. The zero-order valence-corrected chi connectivity index (χ0v) is 19.2. The number of rotatable bonds is 8. The van der Waals surface area contributed by atoms with Crippen molar-refractivity contribution in [1.82, 2.24) is 25.4 Å². The van der Waals surface area contributed by atoms with E-state index in [0.29, 0.717) is 19.0 Å². The van der Waals surface area contributed by atoms with E-state index in [9.17, 15) is 4.39 Å². The highest BCUT2D eigenvalue weighted by molar-refractivity contribution is 7.97. The molecule has 164 valence electrons. The Morgan fingerprint density at radius 2 is 1.94 bits per heavy atom. The second-order valence-corrected chi connectivity index (χ2v) is 8.23. The topological polar surface area (TPSA) is 67.1 Å². The number of guanidine groups is 1. The van der Waals surface area contributed by atoms with E-state index in [1.54, 1.807) is 17.8 Å². The van der Waals surface area contributed by atoms with Crippen molar-refractivity contribution in [3.63, 3.8) is 0 Å². The maximum atomic E-state index is 13.7. The molecule has 8 heteroatoms. The molecule has 1 unspecified atom stereocenters. The molecule has 0 amide bonds. The summed E-state index contributed by atoms with van der Waals surface area (Å²) in [5.41, 5.74) is 3.14. The lowest BCUT2D eigenvalue weighted by Crippen LogP contribution is -2.39. The molecule has 0 bridgehead atoms. The third-order valence-corrected chi connectivity index (χ3v) is 5.72.